The number of H-pyrrole nitrogens is 1. The van der Waals surface area contributed by atoms with Gasteiger partial charge in [-0.2, -0.15) is 0 Å². The highest BCUT2D eigenvalue weighted by atomic mass is 35.5. The van der Waals surface area contributed by atoms with Crippen LogP contribution >= 0.6 is 34.8 Å². The molecule has 0 atom stereocenters. The summed E-state index contributed by atoms with van der Waals surface area (Å²) in [5.74, 6) is 0.240. The highest BCUT2D eigenvalue weighted by Gasteiger charge is 2.14. The third-order valence-electron chi connectivity index (χ3n) is 4.20. The van der Waals surface area contributed by atoms with Gasteiger partial charge in [-0.1, -0.05) is 41.7 Å². The molecule has 0 bridgehead atoms. The predicted octanol–water partition coefficient (Wildman–Crippen LogP) is 4.73. The van der Waals surface area contributed by atoms with Crippen LogP contribution in [0.2, 0.25) is 15.1 Å². The number of halogens is 3. The standard InChI is InChI=1S/C20H19Cl3N4O2/c1-2-7-27(11-19(28)25-16-6-4-12(21)8-15(16)23)10-18-24-17-9-13(22)3-5-14(17)20(29)26-18/h3-6,8-9H,2,7,10-11H2,1H3,(H,25,28)(H,24,26,29). The smallest absolute Gasteiger partial charge is 0.258 e. The predicted molar refractivity (Wildman–Crippen MR) is 118 cm³/mol. The van der Waals surface area contributed by atoms with Crippen LogP contribution in [-0.2, 0) is 11.3 Å². The average Bonchev–Trinajstić information content (AvgIpc) is 2.64. The first kappa shape index (κ1) is 21.6. The SMILES string of the molecule is CCCN(CC(=O)Nc1ccc(Cl)cc1Cl)Cc1nc2cc(Cl)ccc2c(=O)[nH]1. The van der Waals surface area contributed by atoms with Gasteiger partial charge in [-0.25, -0.2) is 4.98 Å². The van der Waals surface area contributed by atoms with E-state index in [0.717, 1.165) is 6.42 Å². The summed E-state index contributed by atoms with van der Waals surface area (Å²) in [6.07, 6.45) is 0.832. The number of carbonyl (C=O) groups excluding carboxylic acids is 1. The van der Waals surface area contributed by atoms with Crippen LogP contribution in [0.1, 0.15) is 19.2 Å². The molecule has 1 amide bonds. The molecule has 0 fully saturated rings. The van der Waals surface area contributed by atoms with Crippen molar-refractivity contribution in [3.63, 3.8) is 0 Å². The number of fused-ring (bicyclic) bond motifs is 1. The van der Waals surface area contributed by atoms with Gasteiger partial charge in [0.15, 0.2) is 0 Å². The molecule has 0 saturated heterocycles. The van der Waals surface area contributed by atoms with E-state index < -0.39 is 0 Å². The fraction of sp³-hybridized carbons (Fsp3) is 0.250. The van der Waals surface area contributed by atoms with Gasteiger partial charge in [0.05, 0.1) is 34.7 Å². The first-order chi connectivity index (χ1) is 13.9. The van der Waals surface area contributed by atoms with Crippen molar-refractivity contribution < 1.29 is 4.79 Å². The van der Waals surface area contributed by atoms with Gasteiger partial charge in [-0.05, 0) is 49.4 Å². The number of hydrogen-bond donors (Lipinski definition) is 2. The molecule has 2 aromatic carbocycles. The van der Waals surface area contributed by atoms with E-state index in [9.17, 15) is 9.59 Å². The number of benzene rings is 2. The number of aromatic nitrogens is 2. The van der Waals surface area contributed by atoms with Crippen molar-refractivity contribution in [3.8, 4) is 0 Å². The number of carbonyl (C=O) groups is 1. The molecule has 1 aromatic heterocycles. The lowest BCUT2D eigenvalue weighted by molar-refractivity contribution is -0.117. The lowest BCUT2D eigenvalue weighted by Gasteiger charge is -2.21. The molecule has 0 aliphatic carbocycles. The van der Waals surface area contributed by atoms with Crippen molar-refractivity contribution in [2.24, 2.45) is 0 Å². The fourth-order valence-electron chi connectivity index (χ4n) is 2.96. The Labute approximate surface area is 182 Å². The summed E-state index contributed by atoms with van der Waals surface area (Å²) in [4.78, 5) is 34.0. The van der Waals surface area contributed by atoms with E-state index in [0.29, 0.717) is 50.6 Å². The summed E-state index contributed by atoms with van der Waals surface area (Å²) in [5, 5.41) is 4.61. The van der Waals surface area contributed by atoms with E-state index in [-0.39, 0.29) is 18.0 Å². The number of rotatable bonds is 7. The summed E-state index contributed by atoms with van der Waals surface area (Å²) in [6, 6.07) is 9.81. The van der Waals surface area contributed by atoms with E-state index >= 15 is 0 Å². The van der Waals surface area contributed by atoms with E-state index in [2.05, 4.69) is 15.3 Å². The zero-order chi connectivity index (χ0) is 21.0. The molecule has 6 nitrogen and oxygen atoms in total. The Bertz CT molecular complexity index is 1100. The third kappa shape index (κ3) is 5.70. The van der Waals surface area contributed by atoms with Gasteiger partial charge >= 0.3 is 0 Å². The van der Waals surface area contributed by atoms with Gasteiger partial charge in [0.25, 0.3) is 5.56 Å². The van der Waals surface area contributed by atoms with Crippen LogP contribution in [0.4, 0.5) is 5.69 Å². The molecule has 0 saturated carbocycles. The normalized spacial score (nSPS) is 11.2. The number of amides is 1. The third-order valence-corrected chi connectivity index (χ3v) is 4.99. The molecule has 0 aliphatic rings. The summed E-state index contributed by atoms with van der Waals surface area (Å²) >= 11 is 18.0. The maximum atomic E-state index is 12.5. The Hall–Kier alpha value is -2.12. The minimum Gasteiger partial charge on any atom is -0.324 e. The Morgan fingerprint density at radius 2 is 1.86 bits per heavy atom. The molecule has 0 spiro atoms. The zero-order valence-electron chi connectivity index (χ0n) is 15.6. The van der Waals surface area contributed by atoms with Crippen molar-refractivity contribution in [2.75, 3.05) is 18.4 Å². The van der Waals surface area contributed by atoms with E-state index in [1.807, 2.05) is 11.8 Å². The Morgan fingerprint density at radius 3 is 2.59 bits per heavy atom. The molecule has 29 heavy (non-hydrogen) atoms. The highest BCUT2D eigenvalue weighted by molar-refractivity contribution is 6.36. The minimum absolute atomic E-state index is 0.115. The Balaban J connectivity index is 1.75. The Kier molecular flexibility index (Phi) is 7.14. The second-order valence-corrected chi connectivity index (χ2v) is 7.84. The number of aromatic amines is 1. The number of hydrogen-bond acceptors (Lipinski definition) is 4. The molecule has 3 aromatic rings. The lowest BCUT2D eigenvalue weighted by Crippen LogP contribution is -2.34. The van der Waals surface area contributed by atoms with Crippen molar-refractivity contribution in [1.29, 1.82) is 0 Å². The molecule has 0 unspecified atom stereocenters. The van der Waals surface area contributed by atoms with Crippen molar-refractivity contribution in [3.05, 3.63) is 67.6 Å². The number of nitrogens with one attached hydrogen (secondary N) is 2. The second-order valence-electron chi connectivity index (χ2n) is 6.56. The van der Waals surface area contributed by atoms with Crippen LogP contribution < -0.4 is 10.9 Å². The molecule has 9 heteroatoms. The van der Waals surface area contributed by atoms with Crippen LogP contribution in [-0.4, -0.2) is 33.9 Å². The van der Waals surface area contributed by atoms with Crippen LogP contribution in [0.3, 0.4) is 0 Å². The van der Waals surface area contributed by atoms with Crippen molar-refractivity contribution in [2.45, 2.75) is 19.9 Å². The molecule has 3 rings (SSSR count). The summed E-state index contributed by atoms with van der Waals surface area (Å²) in [6.45, 7) is 3.09. The van der Waals surface area contributed by atoms with Gasteiger partial charge in [0.2, 0.25) is 5.91 Å². The van der Waals surface area contributed by atoms with Crippen LogP contribution in [0.5, 0.6) is 0 Å². The summed E-state index contributed by atoms with van der Waals surface area (Å²) in [7, 11) is 0. The summed E-state index contributed by atoms with van der Waals surface area (Å²) < 4.78 is 0. The van der Waals surface area contributed by atoms with Crippen LogP contribution in [0.15, 0.2) is 41.2 Å². The monoisotopic (exact) mass is 452 g/mol. The topological polar surface area (TPSA) is 78.1 Å². The number of nitrogens with zero attached hydrogens (tertiary/aromatic N) is 2. The van der Waals surface area contributed by atoms with Gasteiger partial charge < -0.3 is 10.3 Å². The molecular weight excluding hydrogens is 435 g/mol. The van der Waals surface area contributed by atoms with E-state index in [1.165, 1.54) is 0 Å². The Morgan fingerprint density at radius 1 is 1.14 bits per heavy atom. The number of anilines is 1. The summed E-state index contributed by atoms with van der Waals surface area (Å²) in [5.41, 5.74) is 0.769. The second kappa shape index (κ2) is 9.59. The lowest BCUT2D eigenvalue weighted by atomic mass is 10.2. The molecule has 0 radical (unpaired) electrons. The molecule has 0 aliphatic heterocycles. The van der Waals surface area contributed by atoms with Gasteiger partial charge in [-0.15, -0.1) is 0 Å². The van der Waals surface area contributed by atoms with Crippen molar-refractivity contribution in [1.82, 2.24) is 14.9 Å². The maximum absolute atomic E-state index is 12.5. The first-order valence-electron chi connectivity index (χ1n) is 9.01. The van der Waals surface area contributed by atoms with Gasteiger partial charge in [0, 0.05) is 10.0 Å². The van der Waals surface area contributed by atoms with Crippen LogP contribution in [0, 0.1) is 0 Å². The van der Waals surface area contributed by atoms with E-state index in [1.54, 1.807) is 36.4 Å². The average molecular weight is 454 g/mol. The molecule has 1 heterocycles. The maximum Gasteiger partial charge on any atom is 0.258 e. The molecular formula is C20H19Cl3N4O2. The van der Waals surface area contributed by atoms with E-state index in [4.69, 9.17) is 34.8 Å². The van der Waals surface area contributed by atoms with Crippen LogP contribution in [0.25, 0.3) is 10.9 Å². The minimum atomic E-state index is -0.240. The molecule has 2 N–H and O–H groups in total. The van der Waals surface area contributed by atoms with Gasteiger partial charge in [-0.3, -0.25) is 14.5 Å². The van der Waals surface area contributed by atoms with Gasteiger partial charge in [0.1, 0.15) is 5.82 Å². The quantitative estimate of drug-likeness (QED) is 0.542. The first-order valence-corrected chi connectivity index (χ1v) is 10.1. The molecule has 152 valence electrons. The largest absolute Gasteiger partial charge is 0.324 e. The highest BCUT2D eigenvalue weighted by Crippen LogP contribution is 2.25. The fourth-order valence-corrected chi connectivity index (χ4v) is 3.58. The van der Waals surface area contributed by atoms with Crippen molar-refractivity contribution >= 4 is 57.3 Å². The zero-order valence-corrected chi connectivity index (χ0v) is 17.9.